The van der Waals surface area contributed by atoms with E-state index in [1.807, 2.05) is 25.1 Å². The van der Waals surface area contributed by atoms with Crippen LogP contribution >= 0.6 is 0 Å². The smallest absolute Gasteiger partial charge is 0.320 e. The fourth-order valence-corrected chi connectivity index (χ4v) is 3.05. The van der Waals surface area contributed by atoms with Gasteiger partial charge in [-0.05, 0) is 57.4 Å². The Hall–Kier alpha value is -1.75. The number of likely N-dealkylation sites (tertiary alicyclic amines) is 1. The highest BCUT2D eigenvalue weighted by atomic mass is 16.5. The Bertz CT molecular complexity index is 504. The second-order valence-electron chi connectivity index (χ2n) is 5.59. The summed E-state index contributed by atoms with van der Waals surface area (Å²) in [5.74, 6) is -0.0101. The van der Waals surface area contributed by atoms with Crippen molar-refractivity contribution < 1.29 is 14.6 Å². The van der Waals surface area contributed by atoms with Crippen LogP contribution in [0.5, 0.6) is 5.75 Å². The summed E-state index contributed by atoms with van der Waals surface area (Å²) >= 11 is 0. The second kappa shape index (κ2) is 6.80. The van der Waals surface area contributed by atoms with E-state index in [9.17, 15) is 9.90 Å². The van der Waals surface area contributed by atoms with Crippen LogP contribution in [-0.4, -0.2) is 41.2 Å². The van der Waals surface area contributed by atoms with Crippen molar-refractivity contribution >= 4 is 11.7 Å². The molecule has 0 radical (unpaired) electrons. The van der Waals surface area contributed by atoms with Crippen molar-refractivity contribution in [1.82, 2.24) is 4.90 Å². The van der Waals surface area contributed by atoms with Crippen LogP contribution in [0.2, 0.25) is 0 Å². The molecule has 0 aliphatic carbocycles. The van der Waals surface area contributed by atoms with E-state index < -0.39 is 5.97 Å². The van der Waals surface area contributed by atoms with Gasteiger partial charge in [0.15, 0.2) is 0 Å². The lowest BCUT2D eigenvalue weighted by molar-refractivity contribution is -0.142. The highest BCUT2D eigenvalue weighted by Crippen LogP contribution is 2.26. The van der Waals surface area contributed by atoms with Crippen LogP contribution in [0.4, 0.5) is 5.69 Å². The number of hydrogen-bond donors (Lipinski definition) is 2. The first kappa shape index (κ1) is 15.6. The number of carbonyl (C=O) groups is 1. The highest BCUT2D eigenvalue weighted by molar-refractivity contribution is 5.73. The van der Waals surface area contributed by atoms with E-state index in [-0.39, 0.29) is 12.1 Å². The summed E-state index contributed by atoms with van der Waals surface area (Å²) in [6.07, 6.45) is 2.48. The molecule has 1 saturated heterocycles. The molecule has 1 aliphatic rings. The summed E-state index contributed by atoms with van der Waals surface area (Å²) in [7, 11) is 0. The average molecular weight is 292 g/mol. The van der Waals surface area contributed by atoms with E-state index in [0.29, 0.717) is 18.0 Å². The number of carboxylic acids is 1. The highest BCUT2D eigenvalue weighted by Gasteiger charge is 2.33. The van der Waals surface area contributed by atoms with Crippen LogP contribution in [0, 0.1) is 0 Å². The van der Waals surface area contributed by atoms with Gasteiger partial charge in [0.05, 0.1) is 12.3 Å². The van der Waals surface area contributed by atoms with Crippen LogP contribution in [-0.2, 0) is 11.2 Å². The maximum absolute atomic E-state index is 11.3. The zero-order chi connectivity index (χ0) is 15.4. The fraction of sp³-hybridized carbons (Fsp3) is 0.562. The molecular weight excluding hydrogens is 268 g/mol. The Morgan fingerprint density at radius 3 is 2.95 bits per heavy atom. The minimum atomic E-state index is -0.717. The van der Waals surface area contributed by atoms with Crippen molar-refractivity contribution in [3.63, 3.8) is 0 Å². The number of benzene rings is 1. The monoisotopic (exact) mass is 292 g/mol. The normalized spacial score (nSPS) is 20.4. The molecule has 1 fully saturated rings. The van der Waals surface area contributed by atoms with Crippen molar-refractivity contribution in [2.75, 3.05) is 18.9 Å². The van der Waals surface area contributed by atoms with Crippen LogP contribution < -0.4 is 10.5 Å². The second-order valence-corrected chi connectivity index (χ2v) is 5.59. The zero-order valence-electron chi connectivity index (χ0n) is 12.7. The lowest BCUT2D eigenvalue weighted by Gasteiger charge is -2.28. The maximum atomic E-state index is 11.3. The van der Waals surface area contributed by atoms with Gasteiger partial charge in [-0.15, -0.1) is 0 Å². The van der Waals surface area contributed by atoms with Crippen LogP contribution in [0.25, 0.3) is 0 Å². The van der Waals surface area contributed by atoms with Crippen molar-refractivity contribution in [2.45, 2.75) is 45.2 Å². The van der Waals surface area contributed by atoms with Crippen molar-refractivity contribution in [1.29, 1.82) is 0 Å². The van der Waals surface area contributed by atoms with Crippen LogP contribution in [0.15, 0.2) is 18.2 Å². The third kappa shape index (κ3) is 3.67. The van der Waals surface area contributed by atoms with E-state index >= 15 is 0 Å². The molecule has 1 aromatic carbocycles. The molecule has 3 N–H and O–H groups in total. The summed E-state index contributed by atoms with van der Waals surface area (Å²) in [4.78, 5) is 13.3. The number of ether oxygens (including phenoxy) is 1. The third-order valence-electron chi connectivity index (χ3n) is 4.05. The molecule has 1 heterocycles. The van der Waals surface area contributed by atoms with Gasteiger partial charge in [0.1, 0.15) is 11.8 Å². The molecule has 116 valence electrons. The topological polar surface area (TPSA) is 75.8 Å². The summed E-state index contributed by atoms with van der Waals surface area (Å²) in [5.41, 5.74) is 7.73. The lowest BCUT2D eigenvalue weighted by Crippen LogP contribution is -2.42. The average Bonchev–Trinajstić information content (AvgIpc) is 2.91. The van der Waals surface area contributed by atoms with E-state index in [2.05, 4.69) is 11.8 Å². The largest absolute Gasteiger partial charge is 0.492 e. The first-order chi connectivity index (χ1) is 10.0. The van der Waals surface area contributed by atoms with Gasteiger partial charge in [0.2, 0.25) is 0 Å². The van der Waals surface area contributed by atoms with E-state index in [4.69, 9.17) is 10.5 Å². The number of nitrogens with zero attached hydrogens (tertiary/aromatic N) is 1. The van der Waals surface area contributed by atoms with Gasteiger partial charge in [0, 0.05) is 6.04 Å². The van der Waals surface area contributed by atoms with Gasteiger partial charge >= 0.3 is 5.97 Å². The Labute approximate surface area is 125 Å². The third-order valence-corrected chi connectivity index (χ3v) is 4.05. The van der Waals surface area contributed by atoms with Gasteiger partial charge in [-0.3, -0.25) is 9.69 Å². The molecule has 1 aromatic rings. The predicted molar refractivity (Wildman–Crippen MR) is 82.6 cm³/mol. The SMILES string of the molecule is CCOc1ccc(CC(C)N2CCCC2C(=O)O)cc1N. The van der Waals surface area contributed by atoms with Crippen molar-refractivity contribution in [3.8, 4) is 5.75 Å². The predicted octanol–water partition coefficient (Wildman–Crippen LogP) is 2.15. The Morgan fingerprint density at radius 2 is 2.33 bits per heavy atom. The molecule has 0 spiro atoms. The quantitative estimate of drug-likeness (QED) is 0.786. The molecule has 1 aliphatic heterocycles. The Balaban J connectivity index is 2.04. The fourth-order valence-electron chi connectivity index (χ4n) is 3.05. The van der Waals surface area contributed by atoms with Gasteiger partial charge in [-0.25, -0.2) is 0 Å². The minimum Gasteiger partial charge on any atom is -0.492 e. The number of rotatable bonds is 6. The molecule has 0 bridgehead atoms. The van der Waals surface area contributed by atoms with E-state index in [0.717, 1.165) is 31.4 Å². The van der Waals surface area contributed by atoms with Gasteiger partial charge in [-0.2, -0.15) is 0 Å². The first-order valence-corrected chi connectivity index (χ1v) is 7.52. The Kier molecular flexibility index (Phi) is 5.07. The van der Waals surface area contributed by atoms with Crippen molar-refractivity contribution in [2.24, 2.45) is 0 Å². The molecule has 5 nitrogen and oxygen atoms in total. The van der Waals surface area contributed by atoms with Crippen LogP contribution in [0.3, 0.4) is 0 Å². The summed E-state index contributed by atoms with van der Waals surface area (Å²) in [6, 6.07) is 5.65. The van der Waals surface area contributed by atoms with Gasteiger partial charge < -0.3 is 15.6 Å². The number of nitrogen functional groups attached to an aromatic ring is 1. The molecule has 0 amide bonds. The van der Waals surface area contributed by atoms with Crippen LogP contribution in [0.1, 0.15) is 32.3 Å². The number of nitrogens with two attached hydrogens (primary N) is 1. The summed E-state index contributed by atoms with van der Waals surface area (Å²) in [5, 5.41) is 9.26. The minimum absolute atomic E-state index is 0.186. The first-order valence-electron chi connectivity index (χ1n) is 7.52. The number of aliphatic carboxylic acids is 1. The number of anilines is 1. The van der Waals surface area contributed by atoms with E-state index in [1.54, 1.807) is 0 Å². The number of hydrogen-bond acceptors (Lipinski definition) is 4. The Morgan fingerprint density at radius 1 is 1.57 bits per heavy atom. The molecule has 0 saturated carbocycles. The number of carboxylic acid groups (broad SMARTS) is 1. The maximum Gasteiger partial charge on any atom is 0.320 e. The molecule has 5 heteroatoms. The molecule has 2 unspecified atom stereocenters. The molecule has 2 atom stereocenters. The summed E-state index contributed by atoms with van der Waals surface area (Å²) in [6.45, 7) is 5.45. The zero-order valence-corrected chi connectivity index (χ0v) is 12.7. The van der Waals surface area contributed by atoms with E-state index in [1.165, 1.54) is 0 Å². The van der Waals surface area contributed by atoms with Gasteiger partial charge in [0.25, 0.3) is 0 Å². The molecule has 21 heavy (non-hydrogen) atoms. The molecular formula is C16H24N2O3. The van der Waals surface area contributed by atoms with Gasteiger partial charge in [-0.1, -0.05) is 6.07 Å². The molecule has 2 rings (SSSR count). The molecule has 0 aromatic heterocycles. The standard InChI is InChI=1S/C16H24N2O3/c1-3-21-15-7-6-12(10-13(15)17)9-11(2)18-8-4-5-14(18)16(19)20/h6-7,10-11,14H,3-5,8-9,17H2,1-2H3,(H,19,20). The van der Waals surface area contributed by atoms with Crippen molar-refractivity contribution in [3.05, 3.63) is 23.8 Å². The summed E-state index contributed by atoms with van der Waals surface area (Å²) < 4.78 is 5.43. The lowest BCUT2D eigenvalue weighted by atomic mass is 10.0.